The Kier molecular flexibility index (Phi) is 5.83. The molecule has 0 aliphatic carbocycles. The molecular weight excluding hydrogens is 260 g/mol. The van der Waals surface area contributed by atoms with Crippen molar-refractivity contribution in [3.8, 4) is 0 Å². The van der Waals surface area contributed by atoms with Gasteiger partial charge in [0.15, 0.2) is 0 Å². The molecule has 1 atom stereocenters. The number of amides is 1. The monoisotopic (exact) mass is 282 g/mol. The maximum Gasteiger partial charge on any atom is 0.223 e. The van der Waals surface area contributed by atoms with Crippen LogP contribution >= 0.6 is 12.4 Å². The maximum atomic E-state index is 12.0. The van der Waals surface area contributed by atoms with Gasteiger partial charge in [0.25, 0.3) is 0 Å². The van der Waals surface area contributed by atoms with Gasteiger partial charge in [-0.3, -0.25) is 4.79 Å². The standard InChI is InChI=1S/C15H22N2O.ClH/c1-15(13-6-3-2-4-7-13)9-5-11-17(12-15)14(18)8-10-16;/h2-4,6-7H,5,8-12,16H2,1H3;1H. The summed E-state index contributed by atoms with van der Waals surface area (Å²) in [6.07, 6.45) is 2.68. The number of likely N-dealkylation sites (tertiary alicyclic amines) is 1. The molecule has 0 radical (unpaired) electrons. The van der Waals surface area contributed by atoms with Gasteiger partial charge >= 0.3 is 0 Å². The van der Waals surface area contributed by atoms with Crippen molar-refractivity contribution >= 4 is 18.3 Å². The smallest absolute Gasteiger partial charge is 0.223 e. The second-order valence-corrected chi connectivity index (χ2v) is 5.38. The lowest BCUT2D eigenvalue weighted by Crippen LogP contribution is -2.47. The lowest BCUT2D eigenvalue weighted by Gasteiger charge is -2.41. The van der Waals surface area contributed by atoms with Gasteiger partial charge in [0.2, 0.25) is 5.91 Å². The minimum Gasteiger partial charge on any atom is -0.342 e. The summed E-state index contributed by atoms with van der Waals surface area (Å²) in [6, 6.07) is 10.5. The molecule has 2 rings (SSSR count). The highest BCUT2D eigenvalue weighted by Gasteiger charge is 2.34. The van der Waals surface area contributed by atoms with Crippen molar-refractivity contribution in [2.75, 3.05) is 19.6 Å². The van der Waals surface area contributed by atoms with Crippen molar-refractivity contribution < 1.29 is 4.79 Å². The first-order valence-corrected chi connectivity index (χ1v) is 6.69. The van der Waals surface area contributed by atoms with Crippen molar-refractivity contribution in [1.82, 2.24) is 4.90 Å². The number of nitrogens with zero attached hydrogens (tertiary/aromatic N) is 1. The van der Waals surface area contributed by atoms with Crippen molar-refractivity contribution in [3.63, 3.8) is 0 Å². The average Bonchev–Trinajstić information content (AvgIpc) is 2.40. The van der Waals surface area contributed by atoms with E-state index in [1.165, 1.54) is 5.56 Å². The molecule has 106 valence electrons. The number of carbonyl (C=O) groups excluding carboxylic acids is 1. The second-order valence-electron chi connectivity index (χ2n) is 5.38. The molecule has 1 unspecified atom stereocenters. The van der Waals surface area contributed by atoms with Crippen LogP contribution in [0.5, 0.6) is 0 Å². The van der Waals surface area contributed by atoms with E-state index < -0.39 is 0 Å². The molecule has 3 nitrogen and oxygen atoms in total. The molecule has 0 aromatic heterocycles. The molecule has 1 aliphatic rings. The highest BCUT2D eigenvalue weighted by molar-refractivity contribution is 5.85. The molecule has 0 saturated carbocycles. The van der Waals surface area contributed by atoms with E-state index >= 15 is 0 Å². The second kappa shape index (κ2) is 6.92. The SMILES string of the molecule is CC1(c2ccccc2)CCCN(C(=O)CCN)C1.Cl. The largest absolute Gasteiger partial charge is 0.342 e. The Morgan fingerprint density at radius 2 is 2.05 bits per heavy atom. The highest BCUT2D eigenvalue weighted by Crippen LogP contribution is 2.33. The molecule has 19 heavy (non-hydrogen) atoms. The minimum absolute atomic E-state index is 0. The van der Waals surface area contributed by atoms with Crippen LogP contribution in [-0.4, -0.2) is 30.4 Å². The Bertz CT molecular complexity index is 410. The zero-order valence-corrected chi connectivity index (χ0v) is 12.3. The van der Waals surface area contributed by atoms with Crippen LogP contribution < -0.4 is 5.73 Å². The maximum absolute atomic E-state index is 12.0. The summed E-state index contributed by atoms with van der Waals surface area (Å²) in [5.74, 6) is 0.194. The fourth-order valence-electron chi connectivity index (χ4n) is 2.81. The van der Waals surface area contributed by atoms with Crippen molar-refractivity contribution in [2.24, 2.45) is 5.73 Å². The first kappa shape index (κ1) is 16.0. The molecule has 1 aromatic carbocycles. The van der Waals surface area contributed by atoms with E-state index in [2.05, 4.69) is 31.2 Å². The molecule has 1 amide bonds. The zero-order chi connectivity index (χ0) is 13.0. The van der Waals surface area contributed by atoms with Crippen molar-refractivity contribution in [3.05, 3.63) is 35.9 Å². The number of nitrogens with two attached hydrogens (primary N) is 1. The summed E-state index contributed by atoms with van der Waals surface area (Å²) >= 11 is 0. The molecule has 1 aliphatic heterocycles. The Morgan fingerprint density at radius 3 is 2.68 bits per heavy atom. The third kappa shape index (κ3) is 3.71. The molecule has 1 saturated heterocycles. The van der Waals surface area contributed by atoms with Gasteiger partial charge in [0.05, 0.1) is 0 Å². The summed E-state index contributed by atoms with van der Waals surface area (Å²) in [5, 5.41) is 0. The molecule has 0 spiro atoms. The van der Waals surface area contributed by atoms with Crippen molar-refractivity contribution in [2.45, 2.75) is 31.6 Å². The van der Waals surface area contributed by atoms with Gasteiger partial charge in [0, 0.05) is 31.5 Å². The number of rotatable bonds is 3. The van der Waals surface area contributed by atoms with Gasteiger partial charge in [-0.05, 0) is 18.4 Å². The predicted octanol–water partition coefficient (Wildman–Crippen LogP) is 2.34. The van der Waals surface area contributed by atoms with Gasteiger partial charge in [0.1, 0.15) is 0 Å². The quantitative estimate of drug-likeness (QED) is 0.925. The molecule has 0 bridgehead atoms. The zero-order valence-electron chi connectivity index (χ0n) is 11.5. The Balaban J connectivity index is 0.00000180. The van der Waals surface area contributed by atoms with Crippen LogP contribution in [0, 0.1) is 0 Å². The number of halogens is 1. The lowest BCUT2D eigenvalue weighted by molar-refractivity contribution is -0.133. The first-order chi connectivity index (χ1) is 8.65. The predicted molar refractivity (Wildman–Crippen MR) is 80.5 cm³/mol. The number of hydrogen-bond acceptors (Lipinski definition) is 2. The number of piperidine rings is 1. The molecule has 1 heterocycles. The summed E-state index contributed by atoms with van der Waals surface area (Å²) in [5.41, 5.74) is 6.88. The van der Waals surface area contributed by atoms with Crippen LogP contribution in [-0.2, 0) is 10.2 Å². The highest BCUT2D eigenvalue weighted by atomic mass is 35.5. The fraction of sp³-hybridized carbons (Fsp3) is 0.533. The van der Waals surface area contributed by atoms with E-state index in [4.69, 9.17) is 5.73 Å². The summed E-state index contributed by atoms with van der Waals surface area (Å²) in [4.78, 5) is 13.9. The van der Waals surface area contributed by atoms with Gasteiger partial charge in [-0.1, -0.05) is 37.3 Å². The minimum atomic E-state index is 0. The molecular formula is C15H23ClN2O. The van der Waals surface area contributed by atoms with Gasteiger partial charge < -0.3 is 10.6 Å². The Labute approximate surface area is 121 Å². The third-order valence-corrected chi connectivity index (χ3v) is 3.88. The average molecular weight is 283 g/mol. The molecule has 4 heteroatoms. The number of hydrogen-bond donors (Lipinski definition) is 1. The van der Waals surface area contributed by atoms with Crippen LogP contribution in [0.3, 0.4) is 0 Å². The van der Waals surface area contributed by atoms with Crippen LogP contribution in [0.4, 0.5) is 0 Å². The molecule has 2 N–H and O–H groups in total. The molecule has 1 fully saturated rings. The Morgan fingerprint density at radius 1 is 1.37 bits per heavy atom. The fourth-order valence-corrected chi connectivity index (χ4v) is 2.81. The van der Waals surface area contributed by atoms with Gasteiger partial charge in [-0.2, -0.15) is 0 Å². The van der Waals surface area contributed by atoms with E-state index in [-0.39, 0.29) is 23.7 Å². The first-order valence-electron chi connectivity index (χ1n) is 6.69. The van der Waals surface area contributed by atoms with E-state index in [0.29, 0.717) is 13.0 Å². The van der Waals surface area contributed by atoms with E-state index in [1.807, 2.05) is 11.0 Å². The number of benzene rings is 1. The normalized spacial score (nSPS) is 22.7. The summed E-state index contributed by atoms with van der Waals surface area (Å²) < 4.78 is 0. The van der Waals surface area contributed by atoms with Gasteiger partial charge in [-0.25, -0.2) is 0 Å². The van der Waals surface area contributed by atoms with Crippen LogP contribution in [0.15, 0.2) is 30.3 Å². The van der Waals surface area contributed by atoms with Crippen molar-refractivity contribution in [1.29, 1.82) is 0 Å². The third-order valence-electron chi connectivity index (χ3n) is 3.88. The molecule has 1 aromatic rings. The Hall–Kier alpha value is -1.06. The van der Waals surface area contributed by atoms with Crippen LogP contribution in [0.25, 0.3) is 0 Å². The lowest BCUT2D eigenvalue weighted by atomic mass is 9.76. The van der Waals surface area contributed by atoms with Gasteiger partial charge in [-0.15, -0.1) is 12.4 Å². The van der Waals surface area contributed by atoms with Crippen LogP contribution in [0.1, 0.15) is 31.7 Å². The summed E-state index contributed by atoms with van der Waals surface area (Å²) in [7, 11) is 0. The van der Waals surface area contributed by atoms with Crippen LogP contribution in [0.2, 0.25) is 0 Å². The van der Waals surface area contributed by atoms with E-state index in [0.717, 1.165) is 25.9 Å². The van der Waals surface area contributed by atoms with E-state index in [9.17, 15) is 4.79 Å². The number of carbonyl (C=O) groups is 1. The summed E-state index contributed by atoms with van der Waals surface area (Å²) in [6.45, 7) is 4.39. The van der Waals surface area contributed by atoms with E-state index in [1.54, 1.807) is 0 Å². The topological polar surface area (TPSA) is 46.3 Å².